The summed E-state index contributed by atoms with van der Waals surface area (Å²) in [6.45, 7) is 4.78. The zero-order chi connectivity index (χ0) is 22.7. The Balaban J connectivity index is 2.08. The van der Waals surface area contributed by atoms with Crippen LogP contribution in [0.4, 0.5) is 0 Å². The van der Waals surface area contributed by atoms with Crippen LogP contribution >= 0.6 is 11.3 Å². The molecule has 7 nitrogen and oxygen atoms in total. The number of aliphatic hydroxyl groups excluding tert-OH is 1. The summed E-state index contributed by atoms with van der Waals surface area (Å²) in [5.41, 5.74) is 0.759. The van der Waals surface area contributed by atoms with Crippen LogP contribution < -0.4 is 9.47 Å². The highest BCUT2D eigenvalue weighted by molar-refractivity contribution is 7.12. The highest BCUT2D eigenvalue weighted by atomic mass is 32.1. The van der Waals surface area contributed by atoms with Crippen molar-refractivity contribution in [1.29, 1.82) is 0 Å². The minimum Gasteiger partial charge on any atom is -0.503 e. The Morgan fingerprint density at radius 3 is 2.58 bits per heavy atom. The molecule has 0 radical (unpaired) electrons. The van der Waals surface area contributed by atoms with E-state index < -0.39 is 17.7 Å². The first-order valence-corrected chi connectivity index (χ1v) is 10.9. The van der Waals surface area contributed by atoms with Crippen LogP contribution in [0.5, 0.6) is 11.5 Å². The van der Waals surface area contributed by atoms with Crippen LogP contribution in [-0.4, -0.2) is 67.0 Å². The van der Waals surface area contributed by atoms with Crippen molar-refractivity contribution in [3.05, 3.63) is 57.5 Å². The van der Waals surface area contributed by atoms with Gasteiger partial charge in [0.1, 0.15) is 0 Å². The first-order chi connectivity index (χ1) is 14.7. The predicted octanol–water partition coefficient (Wildman–Crippen LogP) is 3.68. The van der Waals surface area contributed by atoms with Crippen molar-refractivity contribution in [2.75, 3.05) is 34.3 Å². The summed E-state index contributed by atoms with van der Waals surface area (Å²) in [5, 5.41) is 12.5. The molecule has 8 heteroatoms. The van der Waals surface area contributed by atoms with E-state index in [0.29, 0.717) is 35.0 Å². The number of hydrogen-bond acceptors (Lipinski definition) is 7. The maximum atomic E-state index is 13.2. The van der Waals surface area contributed by atoms with Gasteiger partial charge in [0.05, 0.1) is 29.7 Å². The first-order valence-electron chi connectivity index (χ1n) is 10.1. The van der Waals surface area contributed by atoms with Crippen molar-refractivity contribution >= 4 is 23.0 Å². The summed E-state index contributed by atoms with van der Waals surface area (Å²) < 4.78 is 11.3. The maximum Gasteiger partial charge on any atom is 0.290 e. The fourth-order valence-corrected chi connectivity index (χ4v) is 4.19. The largest absolute Gasteiger partial charge is 0.503 e. The third-order valence-corrected chi connectivity index (χ3v) is 5.82. The molecule has 1 atom stereocenters. The van der Waals surface area contributed by atoms with Crippen LogP contribution in [0.1, 0.15) is 35.1 Å². The number of carbonyl (C=O) groups is 2. The third-order valence-electron chi connectivity index (χ3n) is 4.95. The van der Waals surface area contributed by atoms with Crippen LogP contribution in [0.2, 0.25) is 0 Å². The molecule has 31 heavy (non-hydrogen) atoms. The van der Waals surface area contributed by atoms with Gasteiger partial charge >= 0.3 is 0 Å². The van der Waals surface area contributed by atoms with Crippen LogP contribution in [0.15, 0.2) is 47.0 Å². The number of benzene rings is 1. The van der Waals surface area contributed by atoms with E-state index in [0.717, 1.165) is 0 Å². The highest BCUT2D eigenvalue weighted by Gasteiger charge is 2.44. The van der Waals surface area contributed by atoms with E-state index in [9.17, 15) is 14.7 Å². The van der Waals surface area contributed by atoms with Crippen LogP contribution in [0.3, 0.4) is 0 Å². The van der Waals surface area contributed by atoms with Crippen molar-refractivity contribution in [2.24, 2.45) is 0 Å². The summed E-state index contributed by atoms with van der Waals surface area (Å²) in [6, 6.07) is 8.08. The number of methoxy groups -OCH3 is 1. The number of likely N-dealkylation sites (N-methyl/N-ethyl adjacent to an activating group) is 1. The molecule has 1 aliphatic heterocycles. The number of ether oxygens (including phenoxy) is 2. The third kappa shape index (κ3) is 4.75. The lowest BCUT2D eigenvalue weighted by Gasteiger charge is -2.28. The van der Waals surface area contributed by atoms with Crippen molar-refractivity contribution < 1.29 is 24.2 Å². The second kappa shape index (κ2) is 9.53. The molecule has 0 saturated heterocycles. The Hall–Kier alpha value is -2.84. The Morgan fingerprint density at radius 1 is 1.26 bits per heavy atom. The number of rotatable bonds is 9. The molecule has 0 saturated carbocycles. The Bertz CT molecular complexity index is 982. The molecule has 2 heterocycles. The van der Waals surface area contributed by atoms with Crippen LogP contribution in [-0.2, 0) is 4.79 Å². The average molecular weight is 445 g/mol. The minimum absolute atomic E-state index is 0.0377. The van der Waals surface area contributed by atoms with E-state index in [4.69, 9.17) is 9.47 Å². The Morgan fingerprint density at radius 2 is 2.00 bits per heavy atom. The fourth-order valence-electron chi connectivity index (χ4n) is 3.52. The number of hydrogen-bond donors (Lipinski definition) is 1. The van der Waals surface area contributed by atoms with Crippen LogP contribution in [0.25, 0.3) is 0 Å². The topological polar surface area (TPSA) is 79.3 Å². The molecular formula is C23H28N2O5S. The van der Waals surface area contributed by atoms with Gasteiger partial charge in [-0.2, -0.15) is 0 Å². The molecule has 2 aromatic rings. The van der Waals surface area contributed by atoms with Gasteiger partial charge in [-0.1, -0.05) is 12.1 Å². The predicted molar refractivity (Wildman–Crippen MR) is 120 cm³/mol. The number of amides is 1. The molecule has 1 N–H and O–H groups in total. The van der Waals surface area contributed by atoms with E-state index in [1.54, 1.807) is 42.8 Å². The Kier molecular flexibility index (Phi) is 7.02. The molecule has 1 aromatic heterocycles. The monoisotopic (exact) mass is 444 g/mol. The van der Waals surface area contributed by atoms with E-state index in [2.05, 4.69) is 0 Å². The van der Waals surface area contributed by atoms with Gasteiger partial charge in [-0.25, -0.2) is 0 Å². The molecule has 0 bridgehead atoms. The fraction of sp³-hybridized carbons (Fsp3) is 0.391. The molecular weight excluding hydrogens is 416 g/mol. The summed E-state index contributed by atoms with van der Waals surface area (Å²) in [7, 11) is 5.35. The summed E-state index contributed by atoms with van der Waals surface area (Å²) in [5.74, 6) is -0.318. The standard InChI is InChI=1S/C23H28N2O5S/c1-14(2)30-16-9-8-15(13-17(16)29-5)20-19(21(26)18-7-6-12-31-18)22(27)23(28)25(20)11-10-24(3)4/h6-9,12-14,20,27H,10-11H2,1-5H3. The molecule has 1 unspecified atom stereocenters. The van der Waals surface area contributed by atoms with Gasteiger partial charge in [0.15, 0.2) is 17.3 Å². The molecule has 3 rings (SSSR count). The zero-order valence-electron chi connectivity index (χ0n) is 18.4. The number of carbonyl (C=O) groups excluding carboxylic acids is 2. The van der Waals surface area contributed by atoms with Crippen molar-refractivity contribution in [1.82, 2.24) is 9.80 Å². The highest BCUT2D eigenvalue weighted by Crippen LogP contribution is 2.42. The molecule has 0 spiro atoms. The van der Waals surface area contributed by atoms with Gasteiger partial charge in [-0.3, -0.25) is 9.59 Å². The number of nitrogens with zero attached hydrogens (tertiary/aromatic N) is 2. The lowest BCUT2D eigenvalue weighted by atomic mass is 9.95. The van der Waals surface area contributed by atoms with Gasteiger partial charge in [0, 0.05) is 13.1 Å². The van der Waals surface area contributed by atoms with E-state index in [1.807, 2.05) is 32.8 Å². The van der Waals surface area contributed by atoms with E-state index in [1.165, 1.54) is 16.2 Å². The molecule has 0 fully saturated rings. The second-order valence-corrected chi connectivity index (χ2v) is 8.80. The quantitative estimate of drug-likeness (QED) is 0.595. The van der Waals surface area contributed by atoms with Crippen molar-refractivity contribution in [3.8, 4) is 11.5 Å². The second-order valence-electron chi connectivity index (χ2n) is 7.85. The SMILES string of the molecule is COc1cc(C2C(C(=O)c3cccs3)=C(O)C(=O)N2CCN(C)C)ccc1OC(C)C. The van der Waals surface area contributed by atoms with Gasteiger partial charge in [0.2, 0.25) is 5.78 Å². The molecule has 1 amide bonds. The number of ketones is 1. The molecule has 0 aliphatic carbocycles. The average Bonchev–Trinajstić information content (AvgIpc) is 3.34. The molecule has 1 aliphatic rings. The zero-order valence-corrected chi connectivity index (χ0v) is 19.2. The smallest absolute Gasteiger partial charge is 0.290 e. The normalized spacial score (nSPS) is 16.5. The maximum absolute atomic E-state index is 13.2. The summed E-state index contributed by atoms with van der Waals surface area (Å²) >= 11 is 1.28. The number of Topliss-reactive ketones (excluding diaryl/α,β-unsaturated/α-hetero) is 1. The van der Waals surface area contributed by atoms with Gasteiger partial charge in [-0.05, 0) is 57.1 Å². The molecule has 1 aromatic carbocycles. The van der Waals surface area contributed by atoms with Crippen LogP contribution in [0, 0.1) is 0 Å². The minimum atomic E-state index is -0.718. The Labute approximate surface area is 186 Å². The van der Waals surface area contributed by atoms with Gasteiger partial charge in [0.25, 0.3) is 5.91 Å². The lowest BCUT2D eigenvalue weighted by Crippen LogP contribution is -2.36. The van der Waals surface area contributed by atoms with Gasteiger partial charge in [-0.15, -0.1) is 11.3 Å². The van der Waals surface area contributed by atoms with E-state index >= 15 is 0 Å². The van der Waals surface area contributed by atoms with Gasteiger partial charge < -0.3 is 24.4 Å². The number of aliphatic hydroxyl groups is 1. The summed E-state index contributed by atoms with van der Waals surface area (Å²) in [4.78, 5) is 30.1. The first kappa shape index (κ1) is 22.8. The van der Waals surface area contributed by atoms with Crippen molar-refractivity contribution in [2.45, 2.75) is 26.0 Å². The lowest BCUT2D eigenvalue weighted by molar-refractivity contribution is -0.129. The van der Waals surface area contributed by atoms with Crippen molar-refractivity contribution in [3.63, 3.8) is 0 Å². The number of thiophene rings is 1. The van der Waals surface area contributed by atoms with E-state index in [-0.39, 0.29) is 17.5 Å². The molecule has 166 valence electrons. The summed E-state index contributed by atoms with van der Waals surface area (Å²) in [6.07, 6.45) is -0.0377.